The van der Waals surface area contributed by atoms with Crippen LogP contribution in [0.5, 0.6) is 0 Å². The minimum absolute atomic E-state index is 0.0389. The number of rotatable bonds is 4. The van der Waals surface area contributed by atoms with Crippen LogP contribution in [0.3, 0.4) is 0 Å². The maximum Gasteiger partial charge on any atom is 0.317 e. The molecule has 4 nitrogen and oxygen atoms in total. The highest BCUT2D eigenvalue weighted by molar-refractivity contribution is 5.74. The summed E-state index contributed by atoms with van der Waals surface area (Å²) >= 11 is 0. The summed E-state index contributed by atoms with van der Waals surface area (Å²) in [6, 6.07) is 14.4. The second-order valence-corrected chi connectivity index (χ2v) is 6.09. The van der Waals surface area contributed by atoms with E-state index in [2.05, 4.69) is 41.5 Å². The molecule has 2 amide bonds. The first kappa shape index (κ1) is 15.5. The number of nitrogens with zero attached hydrogens (tertiary/aromatic N) is 2. The van der Waals surface area contributed by atoms with Crippen molar-refractivity contribution in [2.75, 3.05) is 19.6 Å². The molecule has 1 aromatic carbocycles. The van der Waals surface area contributed by atoms with Gasteiger partial charge in [-0.3, -0.25) is 4.98 Å². The standard InChI is InChI=1S/C19H23N3O/c1-15-6-2-3-8-18(15)16-10-13-22(14-16)19(23)21-12-9-17-7-4-5-11-20-17/h2-8,11,16H,9-10,12-14H2,1H3,(H,21,23). The zero-order valence-electron chi connectivity index (χ0n) is 13.5. The van der Waals surface area contributed by atoms with Crippen LogP contribution in [-0.2, 0) is 6.42 Å². The summed E-state index contributed by atoms with van der Waals surface area (Å²) in [7, 11) is 0. The van der Waals surface area contributed by atoms with Crippen LogP contribution in [0.15, 0.2) is 48.7 Å². The number of carbonyl (C=O) groups excluding carboxylic acids is 1. The van der Waals surface area contributed by atoms with Gasteiger partial charge in [0.15, 0.2) is 0 Å². The van der Waals surface area contributed by atoms with E-state index in [-0.39, 0.29) is 6.03 Å². The molecule has 0 saturated carbocycles. The van der Waals surface area contributed by atoms with Gasteiger partial charge in [0, 0.05) is 43.9 Å². The Bertz CT molecular complexity index is 657. The molecule has 1 aliphatic heterocycles. The molecular formula is C19H23N3O. The van der Waals surface area contributed by atoms with E-state index in [9.17, 15) is 4.79 Å². The maximum absolute atomic E-state index is 12.3. The number of likely N-dealkylation sites (tertiary alicyclic amines) is 1. The molecule has 0 radical (unpaired) electrons. The molecule has 1 atom stereocenters. The molecule has 1 unspecified atom stereocenters. The van der Waals surface area contributed by atoms with Crippen LogP contribution in [0, 0.1) is 6.92 Å². The molecule has 2 heterocycles. The largest absolute Gasteiger partial charge is 0.338 e. The van der Waals surface area contributed by atoms with Crippen LogP contribution in [0.1, 0.15) is 29.2 Å². The van der Waals surface area contributed by atoms with Crippen molar-refractivity contribution in [2.24, 2.45) is 0 Å². The van der Waals surface area contributed by atoms with Crippen molar-refractivity contribution in [3.8, 4) is 0 Å². The lowest BCUT2D eigenvalue weighted by atomic mass is 9.94. The molecule has 1 fully saturated rings. The van der Waals surface area contributed by atoms with Gasteiger partial charge in [0.05, 0.1) is 0 Å². The van der Waals surface area contributed by atoms with Crippen molar-refractivity contribution in [3.63, 3.8) is 0 Å². The highest BCUT2D eigenvalue weighted by Crippen LogP contribution is 2.29. The highest BCUT2D eigenvalue weighted by atomic mass is 16.2. The molecule has 0 bridgehead atoms. The second kappa shape index (κ2) is 7.27. The number of pyridine rings is 1. The molecule has 1 saturated heterocycles. The third kappa shape index (κ3) is 3.89. The molecule has 1 aliphatic rings. The third-order valence-electron chi connectivity index (χ3n) is 4.49. The van der Waals surface area contributed by atoms with Crippen LogP contribution in [0.2, 0.25) is 0 Å². The van der Waals surface area contributed by atoms with E-state index in [1.165, 1.54) is 11.1 Å². The Morgan fingerprint density at radius 2 is 2.09 bits per heavy atom. The van der Waals surface area contributed by atoms with E-state index in [4.69, 9.17) is 0 Å². The van der Waals surface area contributed by atoms with Gasteiger partial charge in [0.1, 0.15) is 0 Å². The highest BCUT2D eigenvalue weighted by Gasteiger charge is 2.27. The Labute approximate surface area is 137 Å². The minimum Gasteiger partial charge on any atom is -0.338 e. The minimum atomic E-state index is 0.0389. The zero-order chi connectivity index (χ0) is 16.1. The van der Waals surface area contributed by atoms with Gasteiger partial charge in [-0.15, -0.1) is 0 Å². The van der Waals surface area contributed by atoms with Crippen LogP contribution in [-0.4, -0.2) is 35.5 Å². The molecule has 3 rings (SSSR count). The molecular weight excluding hydrogens is 286 g/mol. The van der Waals surface area contributed by atoms with Gasteiger partial charge < -0.3 is 10.2 Å². The van der Waals surface area contributed by atoms with Gasteiger partial charge in [0.25, 0.3) is 0 Å². The monoisotopic (exact) mass is 309 g/mol. The Kier molecular flexibility index (Phi) is 4.91. The van der Waals surface area contributed by atoms with Crippen LogP contribution >= 0.6 is 0 Å². The predicted molar refractivity (Wildman–Crippen MR) is 91.4 cm³/mol. The normalized spacial score (nSPS) is 17.3. The lowest BCUT2D eigenvalue weighted by Crippen LogP contribution is -2.39. The van der Waals surface area contributed by atoms with Crippen molar-refractivity contribution < 1.29 is 4.79 Å². The molecule has 120 valence electrons. The van der Waals surface area contributed by atoms with Crippen molar-refractivity contribution in [2.45, 2.75) is 25.7 Å². The third-order valence-corrected chi connectivity index (χ3v) is 4.49. The van der Waals surface area contributed by atoms with Crippen LogP contribution < -0.4 is 5.32 Å². The molecule has 2 aromatic rings. The van der Waals surface area contributed by atoms with Gasteiger partial charge in [-0.05, 0) is 36.6 Å². The fourth-order valence-corrected chi connectivity index (χ4v) is 3.20. The lowest BCUT2D eigenvalue weighted by Gasteiger charge is -2.18. The van der Waals surface area contributed by atoms with Gasteiger partial charge in [-0.2, -0.15) is 0 Å². The van der Waals surface area contributed by atoms with Gasteiger partial charge in [0.2, 0.25) is 0 Å². The number of aryl methyl sites for hydroxylation is 1. The molecule has 4 heteroatoms. The Morgan fingerprint density at radius 1 is 1.26 bits per heavy atom. The van der Waals surface area contributed by atoms with Gasteiger partial charge in [-0.1, -0.05) is 30.3 Å². The average Bonchev–Trinajstić information content (AvgIpc) is 3.06. The van der Waals surface area contributed by atoms with E-state index in [1.807, 2.05) is 23.1 Å². The molecule has 1 aromatic heterocycles. The molecule has 0 aliphatic carbocycles. The number of amides is 2. The number of urea groups is 1. The number of nitrogens with one attached hydrogen (secondary N) is 1. The van der Waals surface area contributed by atoms with E-state index in [0.717, 1.165) is 31.6 Å². The summed E-state index contributed by atoms with van der Waals surface area (Å²) in [5, 5.41) is 3.01. The molecule has 0 spiro atoms. The Hall–Kier alpha value is -2.36. The van der Waals surface area contributed by atoms with E-state index < -0.39 is 0 Å². The van der Waals surface area contributed by atoms with Crippen LogP contribution in [0.4, 0.5) is 4.79 Å². The number of benzene rings is 1. The number of hydrogen-bond acceptors (Lipinski definition) is 2. The summed E-state index contributed by atoms with van der Waals surface area (Å²) in [6.45, 7) is 4.40. The Balaban J connectivity index is 1.49. The van der Waals surface area contributed by atoms with E-state index in [1.54, 1.807) is 6.20 Å². The maximum atomic E-state index is 12.3. The SMILES string of the molecule is Cc1ccccc1C1CCN(C(=O)NCCc2ccccn2)C1. The first-order valence-corrected chi connectivity index (χ1v) is 8.22. The van der Waals surface area contributed by atoms with Gasteiger partial charge in [-0.25, -0.2) is 4.79 Å². The van der Waals surface area contributed by atoms with E-state index in [0.29, 0.717) is 12.5 Å². The summed E-state index contributed by atoms with van der Waals surface area (Å²) in [6.07, 6.45) is 3.59. The van der Waals surface area contributed by atoms with Crippen molar-refractivity contribution in [3.05, 3.63) is 65.5 Å². The smallest absolute Gasteiger partial charge is 0.317 e. The summed E-state index contributed by atoms with van der Waals surface area (Å²) in [5.74, 6) is 0.456. The summed E-state index contributed by atoms with van der Waals surface area (Å²) in [5.41, 5.74) is 3.69. The number of carbonyl (C=O) groups is 1. The van der Waals surface area contributed by atoms with Crippen molar-refractivity contribution in [1.82, 2.24) is 15.2 Å². The predicted octanol–water partition coefficient (Wildman–Crippen LogP) is 3.13. The van der Waals surface area contributed by atoms with E-state index >= 15 is 0 Å². The average molecular weight is 309 g/mol. The van der Waals surface area contributed by atoms with Gasteiger partial charge >= 0.3 is 6.03 Å². The van der Waals surface area contributed by atoms with Crippen LogP contribution in [0.25, 0.3) is 0 Å². The topological polar surface area (TPSA) is 45.2 Å². The summed E-state index contributed by atoms with van der Waals surface area (Å²) in [4.78, 5) is 18.5. The lowest BCUT2D eigenvalue weighted by molar-refractivity contribution is 0.208. The number of hydrogen-bond donors (Lipinski definition) is 1. The number of aromatic nitrogens is 1. The quantitative estimate of drug-likeness (QED) is 0.943. The first-order valence-electron chi connectivity index (χ1n) is 8.22. The zero-order valence-corrected chi connectivity index (χ0v) is 13.5. The second-order valence-electron chi connectivity index (χ2n) is 6.09. The van der Waals surface area contributed by atoms with Crippen molar-refractivity contribution >= 4 is 6.03 Å². The summed E-state index contributed by atoms with van der Waals surface area (Å²) < 4.78 is 0. The fraction of sp³-hybridized carbons (Fsp3) is 0.368. The fourth-order valence-electron chi connectivity index (χ4n) is 3.20. The van der Waals surface area contributed by atoms with Crippen molar-refractivity contribution in [1.29, 1.82) is 0 Å². The first-order chi connectivity index (χ1) is 11.2. The molecule has 1 N–H and O–H groups in total. The Morgan fingerprint density at radius 3 is 2.87 bits per heavy atom. The molecule has 23 heavy (non-hydrogen) atoms.